The zero-order chi connectivity index (χ0) is 21.3. The minimum Gasteiger partial charge on any atom is -0.462 e. The van der Waals surface area contributed by atoms with Crippen molar-refractivity contribution in [2.24, 2.45) is 7.05 Å². The Bertz CT molecular complexity index is 1140. The van der Waals surface area contributed by atoms with E-state index in [9.17, 15) is 9.59 Å². The molecule has 2 aromatic heterocycles. The number of carbonyl (C=O) groups excluding carboxylic acids is 1. The molecule has 0 aliphatic carbocycles. The predicted molar refractivity (Wildman–Crippen MR) is 116 cm³/mol. The third-order valence-corrected chi connectivity index (χ3v) is 5.33. The number of aryl methyl sites for hydroxylation is 1. The van der Waals surface area contributed by atoms with Crippen molar-refractivity contribution in [1.82, 2.24) is 14.5 Å². The van der Waals surface area contributed by atoms with E-state index in [2.05, 4.69) is 19.8 Å². The number of piperazine rings is 1. The molecule has 0 saturated carbocycles. The Hall–Kier alpha value is -3.62. The van der Waals surface area contributed by atoms with Crippen LogP contribution in [0, 0.1) is 0 Å². The van der Waals surface area contributed by atoms with E-state index in [1.165, 1.54) is 6.20 Å². The number of anilines is 3. The van der Waals surface area contributed by atoms with E-state index >= 15 is 0 Å². The van der Waals surface area contributed by atoms with Crippen LogP contribution < -0.4 is 21.0 Å². The number of fused-ring (bicyclic) bond motifs is 1. The van der Waals surface area contributed by atoms with Crippen LogP contribution in [0.3, 0.4) is 0 Å². The van der Waals surface area contributed by atoms with E-state index in [1.54, 1.807) is 43.2 Å². The Labute approximate surface area is 173 Å². The number of rotatable bonds is 4. The lowest BCUT2D eigenvalue weighted by molar-refractivity contribution is 0.0524. The van der Waals surface area contributed by atoms with Gasteiger partial charge in [-0.2, -0.15) is 0 Å². The molecule has 3 aromatic rings. The number of carbonyl (C=O) groups is 1. The molecule has 0 atom stereocenters. The smallest absolute Gasteiger partial charge is 0.343 e. The third-order valence-electron chi connectivity index (χ3n) is 5.33. The summed E-state index contributed by atoms with van der Waals surface area (Å²) in [5.74, 6) is 0.236. The predicted octanol–water partition coefficient (Wildman–Crippen LogP) is 1.41. The summed E-state index contributed by atoms with van der Waals surface area (Å²) in [6, 6.07) is 3.57. The summed E-state index contributed by atoms with van der Waals surface area (Å²) in [6.07, 6.45) is 6.63. The summed E-state index contributed by atoms with van der Waals surface area (Å²) in [6.45, 7) is 5.02. The highest BCUT2D eigenvalue weighted by Gasteiger charge is 2.22. The molecule has 30 heavy (non-hydrogen) atoms. The van der Waals surface area contributed by atoms with Crippen LogP contribution in [0.1, 0.15) is 17.3 Å². The van der Waals surface area contributed by atoms with Gasteiger partial charge in [-0.25, -0.2) is 9.78 Å². The summed E-state index contributed by atoms with van der Waals surface area (Å²) in [4.78, 5) is 37.8. The van der Waals surface area contributed by atoms with Gasteiger partial charge < -0.3 is 24.8 Å². The monoisotopic (exact) mass is 408 g/mol. The number of esters is 1. The van der Waals surface area contributed by atoms with Gasteiger partial charge in [-0.1, -0.05) is 0 Å². The van der Waals surface area contributed by atoms with Crippen LogP contribution in [-0.2, 0) is 11.8 Å². The number of benzene rings is 1. The van der Waals surface area contributed by atoms with Crippen molar-refractivity contribution in [3.05, 3.63) is 52.7 Å². The SMILES string of the molecule is CCOC(=O)c1cn(C)c2cc(N3CCN(c4cnccn4)CC3)c(N)cc2c1=O. The Morgan fingerprint density at radius 2 is 1.90 bits per heavy atom. The second-order valence-electron chi connectivity index (χ2n) is 7.17. The fraction of sp³-hybridized carbons (Fsp3) is 0.333. The van der Waals surface area contributed by atoms with Crippen LogP contribution in [0.25, 0.3) is 10.9 Å². The summed E-state index contributed by atoms with van der Waals surface area (Å²) in [5, 5.41) is 0.405. The molecule has 0 unspecified atom stereocenters. The number of hydrogen-bond donors (Lipinski definition) is 1. The molecule has 1 saturated heterocycles. The number of nitrogens with zero attached hydrogens (tertiary/aromatic N) is 5. The second-order valence-corrected chi connectivity index (χ2v) is 7.17. The lowest BCUT2D eigenvalue weighted by atomic mass is 10.1. The average Bonchev–Trinajstić information content (AvgIpc) is 2.77. The Morgan fingerprint density at radius 1 is 1.17 bits per heavy atom. The number of hydrogen-bond acceptors (Lipinski definition) is 8. The van der Waals surface area contributed by atoms with Crippen molar-refractivity contribution in [2.45, 2.75) is 6.92 Å². The molecule has 0 amide bonds. The summed E-state index contributed by atoms with van der Waals surface area (Å²) >= 11 is 0. The van der Waals surface area contributed by atoms with Crippen molar-refractivity contribution < 1.29 is 9.53 Å². The lowest BCUT2D eigenvalue weighted by Crippen LogP contribution is -2.47. The summed E-state index contributed by atoms with van der Waals surface area (Å²) in [5.41, 5.74) is 8.07. The third kappa shape index (κ3) is 3.54. The minimum absolute atomic E-state index is 0.0107. The number of ether oxygens (including phenoxy) is 1. The zero-order valence-electron chi connectivity index (χ0n) is 17.0. The van der Waals surface area contributed by atoms with Crippen molar-refractivity contribution in [1.29, 1.82) is 0 Å². The Kier molecular flexibility index (Phi) is 5.26. The van der Waals surface area contributed by atoms with Crippen molar-refractivity contribution in [3.63, 3.8) is 0 Å². The first-order chi connectivity index (χ1) is 14.5. The molecular formula is C21H24N6O3. The van der Waals surface area contributed by atoms with Gasteiger partial charge in [0.25, 0.3) is 0 Å². The van der Waals surface area contributed by atoms with E-state index in [-0.39, 0.29) is 17.6 Å². The molecular weight excluding hydrogens is 384 g/mol. The molecule has 1 aromatic carbocycles. The normalized spacial score (nSPS) is 14.2. The fourth-order valence-corrected chi connectivity index (χ4v) is 3.79. The molecule has 1 aliphatic heterocycles. The van der Waals surface area contributed by atoms with Crippen LogP contribution in [0.5, 0.6) is 0 Å². The standard InChI is InChI=1S/C21H24N6O3/c1-3-30-21(29)15-13-25(2)17-11-18(16(22)10-14(17)20(15)28)26-6-8-27(9-7-26)19-12-23-4-5-24-19/h4-5,10-13H,3,6-9,22H2,1-2H3. The van der Waals surface area contributed by atoms with Crippen LogP contribution in [0.2, 0.25) is 0 Å². The van der Waals surface area contributed by atoms with Crippen molar-refractivity contribution in [3.8, 4) is 0 Å². The second kappa shape index (κ2) is 8.02. The number of aromatic nitrogens is 3. The first kappa shape index (κ1) is 19.7. The molecule has 1 aliphatic rings. The Balaban J connectivity index is 1.64. The van der Waals surface area contributed by atoms with Gasteiger partial charge in [-0.3, -0.25) is 9.78 Å². The minimum atomic E-state index is -0.622. The quantitative estimate of drug-likeness (QED) is 0.510. The topological polar surface area (TPSA) is 107 Å². The van der Waals surface area contributed by atoms with E-state index < -0.39 is 5.97 Å². The zero-order valence-corrected chi connectivity index (χ0v) is 17.0. The highest BCUT2D eigenvalue weighted by Crippen LogP contribution is 2.29. The largest absolute Gasteiger partial charge is 0.462 e. The molecule has 9 heteroatoms. The highest BCUT2D eigenvalue weighted by atomic mass is 16.5. The van der Waals surface area contributed by atoms with E-state index in [1.807, 2.05) is 6.07 Å². The molecule has 3 heterocycles. The van der Waals surface area contributed by atoms with Crippen LogP contribution in [0.15, 0.2) is 41.7 Å². The first-order valence-electron chi connectivity index (χ1n) is 9.85. The van der Waals surface area contributed by atoms with E-state index in [4.69, 9.17) is 10.5 Å². The van der Waals surface area contributed by atoms with Gasteiger partial charge in [0.05, 0.1) is 29.7 Å². The van der Waals surface area contributed by atoms with Gasteiger partial charge in [-0.05, 0) is 19.1 Å². The van der Waals surface area contributed by atoms with Crippen LogP contribution in [-0.4, -0.2) is 53.3 Å². The maximum Gasteiger partial charge on any atom is 0.343 e. The molecule has 1 fully saturated rings. The van der Waals surface area contributed by atoms with Gasteiger partial charge in [0.15, 0.2) is 0 Å². The molecule has 4 rings (SSSR count). The van der Waals surface area contributed by atoms with Crippen molar-refractivity contribution in [2.75, 3.05) is 48.3 Å². The molecule has 0 radical (unpaired) electrons. The molecule has 2 N–H and O–H groups in total. The van der Waals surface area contributed by atoms with Crippen LogP contribution >= 0.6 is 0 Å². The fourth-order valence-electron chi connectivity index (χ4n) is 3.79. The lowest BCUT2D eigenvalue weighted by Gasteiger charge is -2.37. The number of nitrogens with two attached hydrogens (primary N) is 1. The number of pyridine rings is 1. The summed E-state index contributed by atoms with van der Waals surface area (Å²) < 4.78 is 6.77. The number of nitrogen functional groups attached to an aromatic ring is 1. The van der Waals surface area contributed by atoms with E-state index in [0.717, 1.165) is 37.7 Å². The molecule has 0 spiro atoms. The Morgan fingerprint density at radius 3 is 2.57 bits per heavy atom. The molecule has 156 valence electrons. The molecule has 0 bridgehead atoms. The van der Waals surface area contributed by atoms with Gasteiger partial charge in [0, 0.05) is 57.2 Å². The summed E-state index contributed by atoms with van der Waals surface area (Å²) in [7, 11) is 1.80. The van der Waals surface area contributed by atoms with Gasteiger partial charge in [0.2, 0.25) is 5.43 Å². The van der Waals surface area contributed by atoms with E-state index in [0.29, 0.717) is 16.6 Å². The van der Waals surface area contributed by atoms with Gasteiger partial charge in [-0.15, -0.1) is 0 Å². The maximum atomic E-state index is 12.8. The van der Waals surface area contributed by atoms with Crippen molar-refractivity contribution >= 4 is 34.1 Å². The maximum absolute atomic E-state index is 12.8. The first-order valence-corrected chi connectivity index (χ1v) is 9.85. The molecule has 9 nitrogen and oxygen atoms in total. The average molecular weight is 408 g/mol. The van der Waals surface area contributed by atoms with Crippen LogP contribution in [0.4, 0.5) is 17.2 Å². The van der Waals surface area contributed by atoms with Gasteiger partial charge >= 0.3 is 5.97 Å². The highest BCUT2D eigenvalue weighted by molar-refractivity contribution is 5.96. The van der Waals surface area contributed by atoms with Gasteiger partial charge in [0.1, 0.15) is 11.4 Å².